The minimum atomic E-state index is 0.529. The van der Waals surface area contributed by atoms with Crippen LogP contribution in [0.5, 0.6) is 0 Å². The van der Waals surface area contributed by atoms with E-state index in [0.29, 0.717) is 12.0 Å². The second-order valence-electron chi connectivity index (χ2n) is 8.34. The van der Waals surface area contributed by atoms with Crippen LogP contribution < -0.4 is 10.6 Å². The van der Waals surface area contributed by atoms with Crippen LogP contribution in [0.15, 0.2) is 48.5 Å². The average molecular weight is 400 g/mol. The summed E-state index contributed by atoms with van der Waals surface area (Å²) in [6.45, 7) is 3.01. The van der Waals surface area contributed by atoms with E-state index in [-0.39, 0.29) is 0 Å². The molecule has 5 rings (SSSR count). The third kappa shape index (κ3) is 3.84. The Labute approximate surface area is 177 Å². The van der Waals surface area contributed by atoms with Crippen LogP contribution in [0, 0.1) is 6.92 Å². The topological polar surface area (TPSA) is 65.6 Å². The third-order valence-electron chi connectivity index (χ3n) is 6.21. The lowest BCUT2D eigenvalue weighted by molar-refractivity contribution is 0.751. The van der Waals surface area contributed by atoms with Gasteiger partial charge in [0, 0.05) is 34.6 Å². The van der Waals surface area contributed by atoms with Gasteiger partial charge in [-0.2, -0.15) is 4.98 Å². The maximum absolute atomic E-state index is 4.83. The van der Waals surface area contributed by atoms with E-state index in [1.54, 1.807) is 0 Å². The Morgan fingerprint density at radius 2 is 1.73 bits per heavy atom. The van der Waals surface area contributed by atoms with Gasteiger partial charge >= 0.3 is 0 Å². The molecule has 1 saturated carbocycles. The van der Waals surface area contributed by atoms with Crippen LogP contribution in [0.1, 0.15) is 43.4 Å². The Balaban J connectivity index is 1.28. The molecule has 2 heterocycles. The molecule has 2 aromatic carbocycles. The van der Waals surface area contributed by atoms with Crippen molar-refractivity contribution in [3.63, 3.8) is 0 Å². The van der Waals surface area contributed by atoms with Crippen LogP contribution in [-0.4, -0.2) is 27.5 Å². The zero-order chi connectivity index (χ0) is 20.3. The number of hydrogen-bond acceptors (Lipinski definition) is 4. The molecule has 5 nitrogen and oxygen atoms in total. The number of aromatic nitrogens is 3. The van der Waals surface area contributed by atoms with Gasteiger partial charge in [0.05, 0.1) is 5.52 Å². The predicted octanol–water partition coefficient (Wildman–Crippen LogP) is 5.82. The van der Waals surface area contributed by atoms with Gasteiger partial charge in [-0.3, -0.25) is 0 Å². The Bertz CT molecular complexity index is 1160. The molecule has 0 saturated heterocycles. The molecule has 0 atom stereocenters. The van der Waals surface area contributed by atoms with Gasteiger partial charge in [-0.05, 0) is 56.4 Å². The van der Waals surface area contributed by atoms with Gasteiger partial charge in [-0.15, -0.1) is 0 Å². The van der Waals surface area contributed by atoms with Crippen LogP contribution in [0.25, 0.3) is 21.8 Å². The van der Waals surface area contributed by atoms with Gasteiger partial charge in [-0.25, -0.2) is 4.98 Å². The smallest absolute Gasteiger partial charge is 0.225 e. The molecule has 30 heavy (non-hydrogen) atoms. The number of aromatic amines is 1. The Morgan fingerprint density at radius 3 is 2.60 bits per heavy atom. The van der Waals surface area contributed by atoms with E-state index >= 15 is 0 Å². The Morgan fingerprint density at radius 1 is 0.967 bits per heavy atom. The molecule has 1 fully saturated rings. The lowest BCUT2D eigenvalue weighted by Gasteiger charge is -2.16. The van der Waals surface area contributed by atoms with Crippen molar-refractivity contribution in [1.29, 1.82) is 0 Å². The fourth-order valence-electron chi connectivity index (χ4n) is 4.65. The molecular weight excluding hydrogens is 370 g/mol. The van der Waals surface area contributed by atoms with Crippen molar-refractivity contribution in [3.05, 3.63) is 59.8 Å². The van der Waals surface area contributed by atoms with Gasteiger partial charge in [0.1, 0.15) is 5.82 Å². The first-order valence-corrected chi connectivity index (χ1v) is 11.1. The first kappa shape index (κ1) is 18.9. The second kappa shape index (κ2) is 8.34. The maximum atomic E-state index is 4.83. The van der Waals surface area contributed by atoms with Crippen molar-refractivity contribution in [2.75, 3.05) is 17.2 Å². The highest BCUT2D eigenvalue weighted by Gasteiger charge is 2.17. The number of hydrogen-bond donors (Lipinski definition) is 3. The van der Waals surface area contributed by atoms with Crippen LogP contribution in [-0.2, 0) is 6.42 Å². The van der Waals surface area contributed by atoms with E-state index in [9.17, 15) is 0 Å². The summed E-state index contributed by atoms with van der Waals surface area (Å²) in [7, 11) is 0. The van der Waals surface area contributed by atoms with E-state index in [4.69, 9.17) is 9.97 Å². The quantitative estimate of drug-likeness (QED) is 0.343. The number of nitrogens with zero attached hydrogens (tertiary/aromatic N) is 2. The van der Waals surface area contributed by atoms with Gasteiger partial charge in [0.25, 0.3) is 0 Å². The van der Waals surface area contributed by atoms with E-state index in [0.717, 1.165) is 36.1 Å². The van der Waals surface area contributed by atoms with Crippen LogP contribution in [0.2, 0.25) is 0 Å². The summed E-state index contributed by atoms with van der Waals surface area (Å²) < 4.78 is 0. The van der Waals surface area contributed by atoms with Crippen molar-refractivity contribution in [1.82, 2.24) is 15.0 Å². The monoisotopic (exact) mass is 399 g/mol. The zero-order valence-electron chi connectivity index (χ0n) is 17.5. The van der Waals surface area contributed by atoms with Crippen molar-refractivity contribution in [2.45, 2.75) is 51.5 Å². The summed E-state index contributed by atoms with van der Waals surface area (Å²) in [5.74, 6) is 1.67. The molecular formula is C25H29N5. The summed E-state index contributed by atoms with van der Waals surface area (Å²) >= 11 is 0. The minimum absolute atomic E-state index is 0.529. The minimum Gasteiger partial charge on any atom is -0.367 e. The molecule has 0 aliphatic heterocycles. The molecule has 0 spiro atoms. The number of benzene rings is 2. The number of anilines is 2. The summed E-state index contributed by atoms with van der Waals surface area (Å²) in [4.78, 5) is 13.1. The largest absolute Gasteiger partial charge is 0.367 e. The van der Waals surface area contributed by atoms with Crippen LogP contribution in [0.3, 0.4) is 0 Å². The van der Waals surface area contributed by atoms with Gasteiger partial charge in [0.2, 0.25) is 5.95 Å². The van der Waals surface area contributed by atoms with Crippen molar-refractivity contribution < 1.29 is 0 Å². The number of aryl methyl sites for hydroxylation is 2. The molecule has 1 aliphatic rings. The highest BCUT2D eigenvalue weighted by molar-refractivity contribution is 5.90. The molecule has 2 aromatic heterocycles. The number of fused-ring (bicyclic) bond motifs is 2. The van der Waals surface area contributed by atoms with Gasteiger partial charge in [-0.1, -0.05) is 43.2 Å². The van der Waals surface area contributed by atoms with Crippen LogP contribution in [0.4, 0.5) is 11.8 Å². The standard InChI is InChI=1S/C25H29N5/c1-17-19(20-11-4-6-14-22(20)27-17)13-8-16-26-25-29-23-15-7-5-12-21(23)24(30-25)28-18-9-2-3-10-18/h4-7,11-12,14-15,18,27H,2-3,8-10,13,16H2,1H3,(H2,26,28,29,30). The summed E-state index contributed by atoms with van der Waals surface area (Å²) in [5, 5.41) is 9.56. The molecule has 1 aliphatic carbocycles. The summed E-state index contributed by atoms with van der Waals surface area (Å²) in [5.41, 5.74) is 4.89. The Kier molecular flexibility index (Phi) is 5.26. The van der Waals surface area contributed by atoms with E-state index < -0.39 is 0 Å². The SMILES string of the molecule is Cc1[nH]c2ccccc2c1CCCNc1nc(NC2CCCC2)c2ccccc2n1. The first-order valence-electron chi connectivity index (χ1n) is 11.1. The zero-order valence-corrected chi connectivity index (χ0v) is 17.5. The summed E-state index contributed by atoms with van der Waals surface area (Å²) in [6.07, 6.45) is 7.13. The highest BCUT2D eigenvalue weighted by atomic mass is 15.1. The molecule has 3 N–H and O–H groups in total. The predicted molar refractivity (Wildman–Crippen MR) is 125 cm³/mol. The maximum Gasteiger partial charge on any atom is 0.225 e. The lowest BCUT2D eigenvalue weighted by atomic mass is 10.1. The van der Waals surface area contributed by atoms with E-state index in [1.165, 1.54) is 47.8 Å². The molecule has 0 amide bonds. The fraction of sp³-hybridized carbons (Fsp3) is 0.360. The van der Waals surface area contributed by atoms with Crippen LogP contribution >= 0.6 is 0 Å². The average Bonchev–Trinajstić information content (AvgIpc) is 3.38. The molecule has 0 unspecified atom stereocenters. The van der Waals surface area contributed by atoms with Crippen molar-refractivity contribution >= 4 is 33.6 Å². The third-order valence-corrected chi connectivity index (χ3v) is 6.21. The number of nitrogens with one attached hydrogen (secondary N) is 3. The molecule has 4 aromatic rings. The normalized spacial score (nSPS) is 14.6. The fourth-order valence-corrected chi connectivity index (χ4v) is 4.65. The Hall–Kier alpha value is -3.08. The van der Waals surface area contributed by atoms with Gasteiger partial charge < -0.3 is 15.6 Å². The molecule has 154 valence electrons. The number of H-pyrrole nitrogens is 1. The molecule has 0 bridgehead atoms. The lowest BCUT2D eigenvalue weighted by Crippen LogP contribution is -2.17. The number of para-hydroxylation sites is 2. The molecule has 5 heteroatoms. The van der Waals surface area contributed by atoms with E-state index in [2.05, 4.69) is 65.0 Å². The highest BCUT2D eigenvalue weighted by Crippen LogP contribution is 2.27. The first-order chi connectivity index (χ1) is 14.8. The number of rotatable bonds is 7. The summed E-state index contributed by atoms with van der Waals surface area (Å²) in [6, 6.07) is 17.3. The molecule has 0 radical (unpaired) electrons. The van der Waals surface area contributed by atoms with Crippen molar-refractivity contribution in [2.24, 2.45) is 0 Å². The van der Waals surface area contributed by atoms with Gasteiger partial charge in [0.15, 0.2) is 0 Å². The second-order valence-corrected chi connectivity index (χ2v) is 8.34. The van der Waals surface area contributed by atoms with Crippen molar-refractivity contribution in [3.8, 4) is 0 Å². The van der Waals surface area contributed by atoms with E-state index in [1.807, 2.05) is 6.07 Å².